The maximum Gasteiger partial charge on any atom is 0.374 e. The van der Waals surface area contributed by atoms with E-state index in [2.05, 4.69) is 0 Å². The van der Waals surface area contributed by atoms with E-state index in [0.717, 1.165) is 0 Å². The Balaban J connectivity index is 2.68. The second-order valence-electron chi connectivity index (χ2n) is 4.47. The summed E-state index contributed by atoms with van der Waals surface area (Å²) in [6.45, 7) is 1.66. The van der Waals surface area contributed by atoms with Crippen LogP contribution in [-0.2, 0) is 5.92 Å². The molecule has 8 heteroatoms. The van der Waals surface area contributed by atoms with Gasteiger partial charge in [-0.3, -0.25) is 4.79 Å². The molecular formula is C13H8F6OS. The van der Waals surface area contributed by atoms with Gasteiger partial charge in [0, 0.05) is 16.2 Å². The van der Waals surface area contributed by atoms with Crippen LogP contribution in [0.1, 0.15) is 10.4 Å². The van der Waals surface area contributed by atoms with Crippen molar-refractivity contribution in [3.8, 4) is 0 Å². The third kappa shape index (κ3) is 2.52. The summed E-state index contributed by atoms with van der Waals surface area (Å²) in [5.41, 5.74) is -0.226. The van der Waals surface area contributed by atoms with Crippen molar-refractivity contribution in [2.45, 2.75) is 25.2 Å². The van der Waals surface area contributed by atoms with Gasteiger partial charge in [0.25, 0.3) is 0 Å². The van der Waals surface area contributed by atoms with Gasteiger partial charge in [-0.15, -0.1) is 11.3 Å². The highest BCUT2D eigenvalue weighted by Crippen LogP contribution is 2.47. The third-order valence-electron chi connectivity index (χ3n) is 2.88. The van der Waals surface area contributed by atoms with E-state index >= 15 is 0 Å². The molecule has 0 atom stereocenters. The number of hydrogen-bond donors (Lipinski definition) is 0. The first kappa shape index (κ1) is 15.8. The maximum absolute atomic E-state index is 13.6. The van der Waals surface area contributed by atoms with Crippen molar-refractivity contribution in [2.75, 3.05) is 0 Å². The van der Waals surface area contributed by atoms with Crippen molar-refractivity contribution in [3.63, 3.8) is 0 Å². The van der Waals surface area contributed by atoms with Crippen molar-refractivity contribution < 1.29 is 26.3 Å². The second-order valence-corrected chi connectivity index (χ2v) is 5.56. The zero-order valence-electron chi connectivity index (χ0n) is 10.5. The summed E-state index contributed by atoms with van der Waals surface area (Å²) in [5, 5.41) is 0.0833. The molecule has 1 heterocycles. The molecule has 2 rings (SSSR count). The van der Waals surface area contributed by atoms with Crippen LogP contribution in [0.25, 0.3) is 10.1 Å². The van der Waals surface area contributed by atoms with Crippen LogP contribution in [0.2, 0.25) is 0 Å². The fourth-order valence-corrected chi connectivity index (χ4v) is 2.80. The highest BCUT2D eigenvalue weighted by Gasteiger charge is 2.64. The number of benzene rings is 1. The lowest BCUT2D eigenvalue weighted by Crippen LogP contribution is -2.44. The minimum absolute atomic E-state index is 0.0350. The summed E-state index contributed by atoms with van der Waals surface area (Å²) >= 11 is 0.198. The van der Waals surface area contributed by atoms with Crippen LogP contribution in [0.15, 0.2) is 29.1 Å². The molecule has 0 aliphatic carbocycles. The smallest absolute Gasteiger partial charge is 0.289 e. The largest absolute Gasteiger partial charge is 0.374 e. The van der Waals surface area contributed by atoms with Crippen LogP contribution in [0.5, 0.6) is 0 Å². The first-order chi connectivity index (χ1) is 9.57. The average molecular weight is 326 g/mol. The molecule has 2 aromatic rings. The van der Waals surface area contributed by atoms with Gasteiger partial charge in [0.05, 0.1) is 4.88 Å². The van der Waals surface area contributed by atoms with Crippen molar-refractivity contribution in [3.05, 3.63) is 44.9 Å². The number of halogens is 6. The number of aryl methyl sites for hydroxylation is 1. The number of alkyl halides is 6. The predicted molar refractivity (Wildman–Crippen MR) is 67.7 cm³/mol. The number of hydrogen-bond acceptors (Lipinski definition) is 2. The normalized spacial score (nSPS) is 13.1. The van der Waals surface area contributed by atoms with Crippen LogP contribution >= 0.6 is 11.3 Å². The minimum atomic E-state index is -5.55. The Morgan fingerprint density at radius 1 is 1.10 bits per heavy atom. The van der Waals surface area contributed by atoms with Gasteiger partial charge >= 0.3 is 18.3 Å². The molecule has 0 unspecified atom stereocenters. The maximum atomic E-state index is 13.6. The summed E-state index contributed by atoms with van der Waals surface area (Å²) in [7, 11) is 0. The lowest BCUT2D eigenvalue weighted by atomic mass is 10.1. The fraction of sp³-hybridized carbons (Fsp3) is 0.308. The summed E-state index contributed by atoms with van der Waals surface area (Å²) in [6, 6.07) is 4.53. The van der Waals surface area contributed by atoms with Gasteiger partial charge < -0.3 is 0 Å². The molecule has 0 aliphatic rings. The van der Waals surface area contributed by atoms with E-state index in [1.165, 1.54) is 18.2 Å². The lowest BCUT2D eigenvalue weighted by molar-refractivity contribution is -0.268. The van der Waals surface area contributed by atoms with E-state index in [-0.39, 0.29) is 21.4 Å². The van der Waals surface area contributed by atoms with Gasteiger partial charge in [-0.05, 0) is 19.1 Å². The quantitative estimate of drug-likeness (QED) is 0.756. The van der Waals surface area contributed by atoms with Crippen LogP contribution in [0.4, 0.5) is 26.3 Å². The van der Waals surface area contributed by atoms with E-state index in [4.69, 9.17) is 0 Å². The molecule has 0 aliphatic heterocycles. The Bertz CT molecular complexity index is 737. The average Bonchev–Trinajstić information content (AvgIpc) is 2.38. The first-order valence-electron chi connectivity index (χ1n) is 5.66. The van der Waals surface area contributed by atoms with Crippen molar-refractivity contribution in [1.82, 2.24) is 0 Å². The van der Waals surface area contributed by atoms with E-state index in [0.29, 0.717) is 11.6 Å². The number of rotatable bonds is 3. The molecule has 1 aromatic carbocycles. The highest BCUT2D eigenvalue weighted by molar-refractivity contribution is 7.18. The molecule has 1 aromatic heterocycles. The highest BCUT2D eigenvalue weighted by atomic mass is 32.1. The summed E-state index contributed by atoms with van der Waals surface area (Å²) < 4.78 is 77.6. The molecule has 114 valence electrons. The van der Waals surface area contributed by atoms with Gasteiger partial charge in [-0.1, -0.05) is 11.6 Å². The van der Waals surface area contributed by atoms with Crippen LogP contribution < -0.4 is 5.43 Å². The van der Waals surface area contributed by atoms with E-state index < -0.39 is 28.6 Å². The van der Waals surface area contributed by atoms with Crippen LogP contribution in [0.3, 0.4) is 0 Å². The molecule has 0 bridgehead atoms. The molecule has 0 saturated heterocycles. The molecule has 0 amide bonds. The second kappa shape index (κ2) is 5.01. The zero-order chi connectivity index (χ0) is 16.0. The standard InChI is InChI=1S/C13H8F6OS/c1-6-2-3-9-7(4-6)8(20)5-10(21-9)12(16,17)13(18,19)11(14)15/h2-5,11H,1H3. The zero-order valence-corrected chi connectivity index (χ0v) is 11.3. The monoisotopic (exact) mass is 326 g/mol. The third-order valence-corrected chi connectivity index (χ3v) is 4.05. The Hall–Kier alpha value is -1.57. The molecular weight excluding hydrogens is 318 g/mol. The van der Waals surface area contributed by atoms with Gasteiger partial charge in [-0.2, -0.15) is 17.6 Å². The Morgan fingerprint density at radius 3 is 2.29 bits per heavy atom. The van der Waals surface area contributed by atoms with Crippen molar-refractivity contribution in [2.24, 2.45) is 0 Å². The summed E-state index contributed by atoms with van der Waals surface area (Å²) in [6.07, 6.45) is -4.54. The molecule has 0 saturated carbocycles. The molecule has 0 spiro atoms. The Kier molecular flexibility index (Phi) is 3.77. The first-order valence-corrected chi connectivity index (χ1v) is 6.48. The van der Waals surface area contributed by atoms with Gasteiger partial charge in [0.15, 0.2) is 5.43 Å². The minimum Gasteiger partial charge on any atom is -0.289 e. The fourth-order valence-electron chi connectivity index (χ4n) is 1.73. The topological polar surface area (TPSA) is 17.1 Å². The van der Waals surface area contributed by atoms with Crippen LogP contribution in [-0.4, -0.2) is 12.3 Å². The molecule has 1 nitrogen and oxygen atoms in total. The van der Waals surface area contributed by atoms with E-state index in [1.807, 2.05) is 0 Å². The lowest BCUT2D eigenvalue weighted by Gasteiger charge is -2.25. The SMILES string of the molecule is Cc1ccc2sc(C(F)(F)C(F)(F)C(F)F)cc(=O)c2c1. The Morgan fingerprint density at radius 2 is 1.71 bits per heavy atom. The van der Waals surface area contributed by atoms with Gasteiger partial charge in [0.2, 0.25) is 0 Å². The van der Waals surface area contributed by atoms with Gasteiger partial charge in [0.1, 0.15) is 0 Å². The molecule has 21 heavy (non-hydrogen) atoms. The van der Waals surface area contributed by atoms with E-state index in [9.17, 15) is 31.1 Å². The van der Waals surface area contributed by atoms with Gasteiger partial charge in [-0.25, -0.2) is 8.78 Å². The van der Waals surface area contributed by atoms with Crippen molar-refractivity contribution >= 4 is 21.4 Å². The predicted octanol–water partition coefficient (Wildman–Crippen LogP) is 4.56. The molecule has 0 radical (unpaired) electrons. The molecule has 0 N–H and O–H groups in total. The Labute approximate surface area is 118 Å². The number of fused-ring (bicyclic) bond motifs is 1. The summed E-state index contributed by atoms with van der Waals surface area (Å²) in [4.78, 5) is 10.4. The molecule has 0 fully saturated rings. The van der Waals surface area contributed by atoms with Crippen LogP contribution in [0, 0.1) is 6.92 Å². The van der Waals surface area contributed by atoms with E-state index in [1.54, 1.807) is 6.92 Å². The van der Waals surface area contributed by atoms with Crippen molar-refractivity contribution in [1.29, 1.82) is 0 Å². The summed E-state index contributed by atoms with van der Waals surface area (Å²) in [5.74, 6) is -10.7.